The Bertz CT molecular complexity index is 1260. The van der Waals surface area contributed by atoms with E-state index in [4.69, 9.17) is 9.15 Å². The zero-order chi connectivity index (χ0) is 22.0. The molecule has 0 bridgehead atoms. The normalized spacial score (nSPS) is 11.0. The monoisotopic (exact) mass is 423 g/mol. The number of halogens is 1. The van der Waals surface area contributed by atoms with Gasteiger partial charge in [-0.15, -0.1) is 0 Å². The molecule has 0 aliphatic heterocycles. The first kappa shape index (κ1) is 20.1. The standard InChI is InChI=1S/C21H18FN5O4/c1-12(2)30-21(29)25-15-9-23-20-26-16(11-27(20)10-15)13-4-3-5-14(8-13)24-19(28)17-6-7-18(22)31-17/h3-12H,1-2H3,(H,24,28)(H,25,29). The number of nitrogens with one attached hydrogen (secondary N) is 2. The number of amides is 2. The van der Waals surface area contributed by atoms with Crippen LogP contribution in [0, 0.1) is 6.01 Å². The molecule has 0 fully saturated rings. The summed E-state index contributed by atoms with van der Waals surface area (Å²) in [6.45, 7) is 3.51. The number of hydrogen-bond donors (Lipinski definition) is 2. The van der Waals surface area contributed by atoms with E-state index in [0.29, 0.717) is 22.8 Å². The summed E-state index contributed by atoms with van der Waals surface area (Å²) >= 11 is 0. The Hall–Kier alpha value is -4.21. The van der Waals surface area contributed by atoms with Gasteiger partial charge >= 0.3 is 6.09 Å². The highest BCUT2D eigenvalue weighted by atomic mass is 19.1. The quantitative estimate of drug-likeness (QED) is 0.494. The van der Waals surface area contributed by atoms with Gasteiger partial charge in [-0.05, 0) is 32.0 Å². The van der Waals surface area contributed by atoms with Gasteiger partial charge in [-0.25, -0.2) is 14.8 Å². The smallest absolute Gasteiger partial charge is 0.411 e. The number of aromatic nitrogens is 3. The van der Waals surface area contributed by atoms with Gasteiger partial charge in [-0.2, -0.15) is 4.39 Å². The molecule has 0 radical (unpaired) electrons. The average Bonchev–Trinajstić information content (AvgIpc) is 3.33. The van der Waals surface area contributed by atoms with Crippen molar-refractivity contribution in [1.82, 2.24) is 14.4 Å². The molecule has 31 heavy (non-hydrogen) atoms. The number of fused-ring (bicyclic) bond motifs is 1. The number of carbonyl (C=O) groups excluding carboxylic acids is 2. The van der Waals surface area contributed by atoms with Gasteiger partial charge in [0.2, 0.25) is 5.78 Å². The molecule has 9 nitrogen and oxygen atoms in total. The fraction of sp³-hybridized carbons (Fsp3) is 0.143. The highest BCUT2D eigenvalue weighted by molar-refractivity contribution is 6.02. The van der Waals surface area contributed by atoms with Crippen LogP contribution in [-0.2, 0) is 4.74 Å². The second-order valence-corrected chi connectivity index (χ2v) is 6.89. The highest BCUT2D eigenvalue weighted by Crippen LogP contribution is 2.23. The summed E-state index contributed by atoms with van der Waals surface area (Å²) in [6.07, 6.45) is 4.07. The number of anilines is 2. The minimum atomic E-state index is -0.831. The van der Waals surface area contributed by atoms with Crippen LogP contribution >= 0.6 is 0 Å². The average molecular weight is 423 g/mol. The number of nitrogens with zero attached hydrogens (tertiary/aromatic N) is 3. The molecule has 0 atom stereocenters. The molecule has 10 heteroatoms. The van der Waals surface area contributed by atoms with Gasteiger partial charge in [0.25, 0.3) is 11.9 Å². The zero-order valence-corrected chi connectivity index (χ0v) is 16.6. The van der Waals surface area contributed by atoms with Crippen LogP contribution in [0.4, 0.5) is 20.6 Å². The van der Waals surface area contributed by atoms with E-state index >= 15 is 0 Å². The van der Waals surface area contributed by atoms with Crippen molar-refractivity contribution in [1.29, 1.82) is 0 Å². The lowest BCUT2D eigenvalue weighted by Crippen LogP contribution is -2.18. The number of carbonyl (C=O) groups is 2. The van der Waals surface area contributed by atoms with Crippen LogP contribution in [0.2, 0.25) is 0 Å². The van der Waals surface area contributed by atoms with Crippen LogP contribution in [-0.4, -0.2) is 32.5 Å². The number of hydrogen-bond acceptors (Lipinski definition) is 6. The van der Waals surface area contributed by atoms with Gasteiger partial charge in [0.1, 0.15) is 0 Å². The molecule has 0 saturated carbocycles. The Morgan fingerprint density at radius 1 is 1.13 bits per heavy atom. The van der Waals surface area contributed by atoms with Crippen LogP contribution in [0.5, 0.6) is 0 Å². The first-order valence-corrected chi connectivity index (χ1v) is 9.37. The highest BCUT2D eigenvalue weighted by Gasteiger charge is 2.13. The minimum absolute atomic E-state index is 0.129. The summed E-state index contributed by atoms with van der Waals surface area (Å²) in [7, 11) is 0. The van der Waals surface area contributed by atoms with Gasteiger partial charge < -0.3 is 14.5 Å². The molecule has 3 heterocycles. The van der Waals surface area contributed by atoms with Crippen LogP contribution in [0.15, 0.2) is 59.4 Å². The van der Waals surface area contributed by atoms with Crippen molar-refractivity contribution >= 4 is 29.2 Å². The molecule has 0 aliphatic rings. The first-order chi connectivity index (χ1) is 14.9. The van der Waals surface area contributed by atoms with Crippen molar-refractivity contribution in [2.24, 2.45) is 0 Å². The molecule has 0 aliphatic carbocycles. The lowest BCUT2D eigenvalue weighted by molar-refractivity contribution is 0.0988. The van der Waals surface area contributed by atoms with Crippen molar-refractivity contribution < 1.29 is 23.1 Å². The number of imidazole rings is 1. The number of benzene rings is 1. The zero-order valence-electron chi connectivity index (χ0n) is 16.6. The molecule has 158 valence electrons. The van der Waals surface area contributed by atoms with E-state index in [-0.39, 0.29) is 11.9 Å². The molecule has 2 N–H and O–H groups in total. The van der Waals surface area contributed by atoms with Gasteiger partial charge in [-0.3, -0.25) is 14.5 Å². The van der Waals surface area contributed by atoms with E-state index in [9.17, 15) is 14.0 Å². The van der Waals surface area contributed by atoms with Gasteiger partial charge in [0.15, 0.2) is 5.76 Å². The molecule has 1 aromatic carbocycles. The van der Waals surface area contributed by atoms with E-state index in [1.54, 1.807) is 48.8 Å². The Morgan fingerprint density at radius 3 is 2.71 bits per heavy atom. The Labute approximate surface area is 175 Å². The third-order valence-electron chi connectivity index (χ3n) is 4.11. The molecule has 4 aromatic rings. The summed E-state index contributed by atoms with van der Waals surface area (Å²) in [4.78, 5) is 32.6. The topological polar surface area (TPSA) is 111 Å². The molecule has 0 saturated heterocycles. The van der Waals surface area contributed by atoms with Crippen LogP contribution in [0.1, 0.15) is 24.4 Å². The van der Waals surface area contributed by atoms with Gasteiger partial charge in [0, 0.05) is 29.7 Å². The summed E-state index contributed by atoms with van der Waals surface area (Å²) in [6, 6.07) is 8.48. The maximum atomic E-state index is 13.0. The molecular formula is C21H18FN5O4. The van der Waals surface area contributed by atoms with Crippen molar-refractivity contribution in [3.8, 4) is 11.3 Å². The van der Waals surface area contributed by atoms with Crippen molar-refractivity contribution in [2.45, 2.75) is 20.0 Å². The Balaban J connectivity index is 1.53. The fourth-order valence-corrected chi connectivity index (χ4v) is 2.84. The lowest BCUT2D eigenvalue weighted by atomic mass is 10.1. The maximum Gasteiger partial charge on any atom is 0.411 e. The fourth-order valence-electron chi connectivity index (χ4n) is 2.84. The molecule has 3 aromatic heterocycles. The van der Waals surface area contributed by atoms with E-state index in [2.05, 4.69) is 20.6 Å². The van der Waals surface area contributed by atoms with E-state index < -0.39 is 18.0 Å². The van der Waals surface area contributed by atoms with Gasteiger partial charge in [-0.1, -0.05) is 12.1 Å². The largest absolute Gasteiger partial charge is 0.447 e. The molecule has 4 rings (SSSR count). The lowest BCUT2D eigenvalue weighted by Gasteiger charge is -2.09. The Morgan fingerprint density at radius 2 is 1.97 bits per heavy atom. The molecule has 2 amide bonds. The molecule has 0 spiro atoms. The number of rotatable bonds is 5. The second-order valence-electron chi connectivity index (χ2n) is 6.89. The van der Waals surface area contributed by atoms with Crippen LogP contribution in [0.25, 0.3) is 17.0 Å². The maximum absolute atomic E-state index is 13.0. The third kappa shape index (κ3) is 4.69. The van der Waals surface area contributed by atoms with Crippen molar-refractivity contribution in [2.75, 3.05) is 10.6 Å². The van der Waals surface area contributed by atoms with Crippen LogP contribution < -0.4 is 10.6 Å². The predicted molar refractivity (Wildman–Crippen MR) is 110 cm³/mol. The van der Waals surface area contributed by atoms with Crippen LogP contribution in [0.3, 0.4) is 0 Å². The third-order valence-corrected chi connectivity index (χ3v) is 4.11. The van der Waals surface area contributed by atoms with E-state index in [0.717, 1.165) is 11.6 Å². The molecule has 0 unspecified atom stereocenters. The van der Waals surface area contributed by atoms with E-state index in [1.165, 1.54) is 12.3 Å². The first-order valence-electron chi connectivity index (χ1n) is 9.37. The summed E-state index contributed by atoms with van der Waals surface area (Å²) < 4.78 is 24.4. The minimum Gasteiger partial charge on any atom is -0.447 e. The SMILES string of the molecule is CC(C)OC(=O)Nc1cnc2nc(-c3cccc(NC(=O)c4ccc(F)o4)c3)cn2c1. The summed E-state index contributed by atoms with van der Waals surface area (Å²) in [5.41, 5.74) is 2.27. The summed E-state index contributed by atoms with van der Waals surface area (Å²) in [5.74, 6) is -0.268. The molecular weight excluding hydrogens is 405 g/mol. The second kappa shape index (κ2) is 8.27. The Kier molecular flexibility index (Phi) is 5.35. The summed E-state index contributed by atoms with van der Waals surface area (Å²) in [5, 5.41) is 5.26. The van der Waals surface area contributed by atoms with Gasteiger partial charge in [0.05, 0.1) is 23.7 Å². The predicted octanol–water partition coefficient (Wildman–Crippen LogP) is 4.34. The van der Waals surface area contributed by atoms with Crippen molar-refractivity contribution in [3.63, 3.8) is 0 Å². The van der Waals surface area contributed by atoms with Crippen molar-refractivity contribution in [3.05, 3.63) is 66.8 Å². The van der Waals surface area contributed by atoms with E-state index in [1.807, 2.05) is 6.07 Å². The number of ether oxygens (including phenoxy) is 1. The number of furan rings is 1.